The highest BCUT2D eigenvalue weighted by Crippen LogP contribution is 2.22. The summed E-state index contributed by atoms with van der Waals surface area (Å²) in [6.45, 7) is 6.61. The van der Waals surface area contributed by atoms with Gasteiger partial charge in [-0.05, 0) is 45.7 Å². The summed E-state index contributed by atoms with van der Waals surface area (Å²) in [5.74, 6) is 0.633. The summed E-state index contributed by atoms with van der Waals surface area (Å²) in [7, 11) is 0. The zero-order chi connectivity index (χ0) is 16.2. The minimum atomic E-state index is -0.491. The van der Waals surface area contributed by atoms with Crippen molar-refractivity contribution in [2.75, 3.05) is 13.2 Å². The Kier molecular flexibility index (Phi) is 5.24. The first kappa shape index (κ1) is 16.5. The Morgan fingerprint density at radius 3 is 2.82 bits per heavy atom. The molecule has 6 heteroatoms. The molecule has 1 aliphatic heterocycles. The molecule has 1 saturated heterocycles. The van der Waals surface area contributed by atoms with Crippen LogP contribution in [0.5, 0.6) is 5.75 Å². The van der Waals surface area contributed by atoms with Crippen LogP contribution in [-0.4, -0.2) is 45.9 Å². The van der Waals surface area contributed by atoms with Crippen molar-refractivity contribution in [2.45, 2.75) is 51.9 Å². The quantitative estimate of drug-likeness (QED) is 0.924. The molecule has 1 atom stereocenters. The molecule has 1 unspecified atom stereocenters. The topological polar surface area (TPSA) is 71.9 Å². The molecule has 1 aromatic heterocycles. The van der Waals surface area contributed by atoms with E-state index in [2.05, 4.69) is 4.98 Å². The molecule has 1 amide bonds. The van der Waals surface area contributed by atoms with Crippen molar-refractivity contribution >= 4 is 6.09 Å². The van der Waals surface area contributed by atoms with Crippen LogP contribution >= 0.6 is 0 Å². The number of nitrogens with zero attached hydrogens (tertiary/aromatic N) is 2. The molecule has 2 rings (SSSR count). The van der Waals surface area contributed by atoms with Gasteiger partial charge in [-0.15, -0.1) is 0 Å². The number of pyridine rings is 1. The highest BCUT2D eigenvalue weighted by molar-refractivity contribution is 5.69. The zero-order valence-corrected chi connectivity index (χ0v) is 13.4. The Morgan fingerprint density at radius 1 is 1.45 bits per heavy atom. The first-order valence-electron chi connectivity index (χ1n) is 7.57. The molecule has 0 radical (unpaired) electrons. The van der Waals surface area contributed by atoms with Crippen LogP contribution in [-0.2, 0) is 11.3 Å². The van der Waals surface area contributed by atoms with Crippen LogP contribution < -0.4 is 4.74 Å². The Balaban J connectivity index is 1.89. The van der Waals surface area contributed by atoms with Crippen LogP contribution in [0.1, 0.15) is 39.3 Å². The van der Waals surface area contributed by atoms with Gasteiger partial charge in [-0.25, -0.2) is 4.79 Å². The fourth-order valence-electron chi connectivity index (χ4n) is 2.35. The van der Waals surface area contributed by atoms with Crippen molar-refractivity contribution in [3.05, 3.63) is 24.0 Å². The number of hydrogen-bond donors (Lipinski definition) is 1. The summed E-state index contributed by atoms with van der Waals surface area (Å²) in [4.78, 5) is 18.0. The van der Waals surface area contributed by atoms with E-state index in [1.165, 1.54) is 0 Å². The molecule has 1 aliphatic rings. The van der Waals surface area contributed by atoms with E-state index in [1.807, 2.05) is 20.8 Å². The van der Waals surface area contributed by atoms with Crippen LogP contribution in [0, 0.1) is 0 Å². The minimum Gasteiger partial charge on any atom is -0.490 e. The molecule has 1 N–H and O–H groups in total. The van der Waals surface area contributed by atoms with E-state index in [4.69, 9.17) is 14.6 Å². The number of rotatable bonds is 4. The van der Waals surface area contributed by atoms with E-state index < -0.39 is 5.60 Å². The van der Waals surface area contributed by atoms with E-state index >= 15 is 0 Å². The number of carbonyl (C=O) groups excluding carboxylic acids is 1. The van der Waals surface area contributed by atoms with E-state index in [1.54, 1.807) is 23.2 Å². The molecule has 6 nitrogen and oxygen atoms in total. The SMILES string of the molecule is CC(C)(C)OC(=O)N1CCCC1COc1ccc(CO)nc1. The van der Waals surface area contributed by atoms with Gasteiger partial charge >= 0.3 is 6.09 Å². The molecular weight excluding hydrogens is 284 g/mol. The molecule has 1 aromatic rings. The van der Waals surface area contributed by atoms with Crippen LogP contribution in [0.2, 0.25) is 0 Å². The molecule has 22 heavy (non-hydrogen) atoms. The van der Waals surface area contributed by atoms with Gasteiger partial charge in [-0.3, -0.25) is 4.98 Å². The van der Waals surface area contributed by atoms with E-state index in [9.17, 15) is 4.79 Å². The summed E-state index contributed by atoms with van der Waals surface area (Å²) in [5, 5.41) is 8.96. The molecule has 0 aromatic carbocycles. The maximum Gasteiger partial charge on any atom is 0.410 e. The third-order valence-electron chi connectivity index (χ3n) is 3.41. The van der Waals surface area contributed by atoms with Crippen LogP contribution in [0.4, 0.5) is 4.79 Å². The molecule has 122 valence electrons. The van der Waals surface area contributed by atoms with Crippen molar-refractivity contribution in [1.29, 1.82) is 0 Å². The number of carbonyl (C=O) groups is 1. The molecule has 0 saturated carbocycles. The lowest BCUT2D eigenvalue weighted by molar-refractivity contribution is 0.0187. The zero-order valence-electron chi connectivity index (χ0n) is 13.4. The van der Waals surface area contributed by atoms with Crippen molar-refractivity contribution in [1.82, 2.24) is 9.88 Å². The second kappa shape index (κ2) is 6.96. The van der Waals surface area contributed by atoms with Crippen molar-refractivity contribution < 1.29 is 19.4 Å². The van der Waals surface area contributed by atoms with Gasteiger partial charge in [0.05, 0.1) is 24.5 Å². The number of ether oxygens (including phenoxy) is 2. The van der Waals surface area contributed by atoms with Gasteiger partial charge in [0.2, 0.25) is 0 Å². The summed E-state index contributed by atoms with van der Waals surface area (Å²) in [5.41, 5.74) is 0.110. The standard InChI is InChI=1S/C16H24N2O4/c1-16(2,3)22-15(20)18-8-4-5-13(18)11-21-14-7-6-12(10-19)17-9-14/h6-7,9,13,19H,4-5,8,10-11H2,1-3H3. The molecule has 0 bridgehead atoms. The smallest absolute Gasteiger partial charge is 0.410 e. The Hall–Kier alpha value is -1.82. The van der Waals surface area contributed by atoms with E-state index in [0.29, 0.717) is 24.6 Å². The first-order chi connectivity index (χ1) is 10.4. The third-order valence-corrected chi connectivity index (χ3v) is 3.41. The second-order valence-corrected chi connectivity index (χ2v) is 6.42. The molecule has 0 aliphatic carbocycles. The van der Waals surface area contributed by atoms with Crippen molar-refractivity contribution in [3.8, 4) is 5.75 Å². The highest BCUT2D eigenvalue weighted by Gasteiger charge is 2.32. The predicted octanol–water partition coefficient (Wildman–Crippen LogP) is 2.35. The maximum absolute atomic E-state index is 12.2. The lowest BCUT2D eigenvalue weighted by Crippen LogP contribution is -2.42. The van der Waals surface area contributed by atoms with Gasteiger partial charge in [0.25, 0.3) is 0 Å². The Bertz CT molecular complexity index is 496. The lowest BCUT2D eigenvalue weighted by atomic mass is 10.2. The van der Waals surface area contributed by atoms with Crippen LogP contribution in [0.3, 0.4) is 0 Å². The van der Waals surface area contributed by atoms with Gasteiger partial charge in [0, 0.05) is 6.54 Å². The average molecular weight is 308 g/mol. The van der Waals surface area contributed by atoms with Crippen LogP contribution in [0.25, 0.3) is 0 Å². The number of aromatic nitrogens is 1. The number of hydrogen-bond acceptors (Lipinski definition) is 5. The molecular formula is C16H24N2O4. The normalized spacial score (nSPS) is 18.4. The van der Waals surface area contributed by atoms with E-state index in [-0.39, 0.29) is 18.7 Å². The first-order valence-corrected chi connectivity index (χ1v) is 7.57. The molecule has 2 heterocycles. The van der Waals surface area contributed by atoms with Gasteiger partial charge in [0.1, 0.15) is 18.0 Å². The summed E-state index contributed by atoms with van der Waals surface area (Å²) in [6, 6.07) is 3.51. The summed E-state index contributed by atoms with van der Waals surface area (Å²) in [6.07, 6.45) is 3.15. The largest absolute Gasteiger partial charge is 0.490 e. The lowest BCUT2D eigenvalue weighted by Gasteiger charge is -2.28. The molecule has 0 spiro atoms. The number of likely N-dealkylation sites (tertiary alicyclic amines) is 1. The monoisotopic (exact) mass is 308 g/mol. The Morgan fingerprint density at radius 2 is 2.23 bits per heavy atom. The minimum absolute atomic E-state index is 0.0207. The van der Waals surface area contributed by atoms with Crippen molar-refractivity contribution in [2.24, 2.45) is 0 Å². The fraction of sp³-hybridized carbons (Fsp3) is 0.625. The van der Waals surface area contributed by atoms with Gasteiger partial charge in [-0.2, -0.15) is 0 Å². The van der Waals surface area contributed by atoms with Crippen LogP contribution in [0.15, 0.2) is 18.3 Å². The van der Waals surface area contributed by atoms with Gasteiger partial charge in [-0.1, -0.05) is 0 Å². The summed E-state index contributed by atoms with van der Waals surface area (Å²) < 4.78 is 11.1. The van der Waals surface area contributed by atoms with Gasteiger partial charge in [0.15, 0.2) is 0 Å². The fourth-order valence-corrected chi connectivity index (χ4v) is 2.35. The third kappa shape index (κ3) is 4.59. The number of aliphatic hydroxyl groups is 1. The number of amides is 1. The predicted molar refractivity (Wildman–Crippen MR) is 81.6 cm³/mol. The second-order valence-electron chi connectivity index (χ2n) is 6.42. The average Bonchev–Trinajstić information content (AvgIpc) is 2.92. The van der Waals surface area contributed by atoms with Crippen molar-refractivity contribution in [3.63, 3.8) is 0 Å². The van der Waals surface area contributed by atoms with E-state index in [0.717, 1.165) is 12.8 Å². The number of aliphatic hydroxyl groups excluding tert-OH is 1. The summed E-state index contributed by atoms with van der Waals surface area (Å²) >= 11 is 0. The Labute approximate surface area is 131 Å². The van der Waals surface area contributed by atoms with Gasteiger partial charge < -0.3 is 19.5 Å². The molecule has 1 fully saturated rings. The highest BCUT2D eigenvalue weighted by atomic mass is 16.6. The maximum atomic E-state index is 12.2.